The smallest absolute Gasteiger partial charge is 0.309 e. The number of carboxylic acids is 1. The van der Waals surface area contributed by atoms with E-state index in [-0.39, 0.29) is 5.82 Å². The molecule has 0 atom stereocenters. The predicted molar refractivity (Wildman–Crippen MR) is 71.9 cm³/mol. The zero-order chi connectivity index (χ0) is 14.5. The summed E-state index contributed by atoms with van der Waals surface area (Å²) in [5, 5.41) is 8.97. The van der Waals surface area contributed by atoms with Gasteiger partial charge in [0, 0.05) is 0 Å². The van der Waals surface area contributed by atoms with Gasteiger partial charge in [0.15, 0.2) is 0 Å². The van der Waals surface area contributed by atoms with Crippen molar-refractivity contribution in [1.29, 1.82) is 0 Å². The summed E-state index contributed by atoms with van der Waals surface area (Å²) in [6.07, 6.45) is 2.20. The molecule has 3 nitrogen and oxygen atoms in total. The molecule has 0 fully saturated rings. The number of aliphatic carboxylic acids is 1. The Morgan fingerprint density at radius 2 is 2.05 bits per heavy atom. The Bertz CT molecular complexity index is 441. The maximum atomic E-state index is 13.0. The standard InChI is InChI=1S/C15H21FO3/c1-11-10-12(6-7-13(11)16)19-9-5-4-8-15(2,3)14(17)18/h6-7,10H,4-5,8-9H2,1-3H3,(H,17,18). The second-order valence-electron chi connectivity index (χ2n) is 5.41. The van der Waals surface area contributed by atoms with E-state index in [2.05, 4.69) is 0 Å². The van der Waals surface area contributed by atoms with Crippen LogP contribution in [0.1, 0.15) is 38.7 Å². The molecule has 0 saturated carbocycles. The molecule has 0 heterocycles. The second kappa shape index (κ2) is 6.55. The van der Waals surface area contributed by atoms with E-state index in [0.717, 1.165) is 12.8 Å². The lowest BCUT2D eigenvalue weighted by molar-refractivity contribution is -0.147. The normalized spacial score (nSPS) is 11.4. The van der Waals surface area contributed by atoms with Gasteiger partial charge < -0.3 is 9.84 Å². The fourth-order valence-electron chi connectivity index (χ4n) is 1.67. The molecular formula is C15H21FO3. The average Bonchev–Trinajstić information content (AvgIpc) is 2.33. The minimum absolute atomic E-state index is 0.240. The van der Waals surface area contributed by atoms with Crippen LogP contribution in [-0.2, 0) is 4.79 Å². The Balaban J connectivity index is 2.28. The van der Waals surface area contributed by atoms with Crippen LogP contribution in [0.25, 0.3) is 0 Å². The number of ether oxygens (including phenoxy) is 1. The van der Waals surface area contributed by atoms with Gasteiger partial charge in [-0.2, -0.15) is 0 Å². The number of carboxylic acid groups (broad SMARTS) is 1. The first kappa shape index (κ1) is 15.5. The largest absolute Gasteiger partial charge is 0.494 e. The van der Waals surface area contributed by atoms with E-state index in [0.29, 0.717) is 24.3 Å². The van der Waals surface area contributed by atoms with Gasteiger partial charge in [0.1, 0.15) is 11.6 Å². The van der Waals surface area contributed by atoms with Crippen LogP contribution in [0.4, 0.5) is 4.39 Å². The third-order valence-electron chi connectivity index (χ3n) is 3.17. The summed E-state index contributed by atoms with van der Waals surface area (Å²) >= 11 is 0. The van der Waals surface area contributed by atoms with E-state index in [4.69, 9.17) is 9.84 Å². The van der Waals surface area contributed by atoms with Gasteiger partial charge in [0.05, 0.1) is 12.0 Å². The topological polar surface area (TPSA) is 46.5 Å². The van der Waals surface area contributed by atoms with Crippen molar-refractivity contribution in [3.05, 3.63) is 29.6 Å². The third-order valence-corrected chi connectivity index (χ3v) is 3.17. The predicted octanol–water partition coefficient (Wildman–Crippen LogP) is 3.79. The van der Waals surface area contributed by atoms with Gasteiger partial charge in [-0.1, -0.05) is 0 Å². The lowest BCUT2D eigenvalue weighted by atomic mass is 9.87. The van der Waals surface area contributed by atoms with Crippen molar-refractivity contribution in [1.82, 2.24) is 0 Å². The minimum Gasteiger partial charge on any atom is -0.494 e. The SMILES string of the molecule is Cc1cc(OCCCCC(C)(C)C(=O)O)ccc1F. The number of benzene rings is 1. The molecule has 0 aromatic heterocycles. The van der Waals surface area contributed by atoms with Crippen LogP contribution in [0, 0.1) is 18.2 Å². The molecule has 1 aromatic carbocycles. The number of carbonyl (C=O) groups is 1. The Morgan fingerprint density at radius 3 is 2.63 bits per heavy atom. The lowest BCUT2D eigenvalue weighted by Crippen LogP contribution is -2.23. The van der Waals surface area contributed by atoms with Crippen molar-refractivity contribution in [3.63, 3.8) is 0 Å². The molecular weight excluding hydrogens is 247 g/mol. The van der Waals surface area contributed by atoms with Crippen molar-refractivity contribution in [2.45, 2.75) is 40.0 Å². The average molecular weight is 268 g/mol. The van der Waals surface area contributed by atoms with Crippen LogP contribution in [-0.4, -0.2) is 17.7 Å². The van der Waals surface area contributed by atoms with Gasteiger partial charge in [0.2, 0.25) is 0 Å². The highest BCUT2D eigenvalue weighted by Crippen LogP contribution is 2.23. The van der Waals surface area contributed by atoms with Crippen LogP contribution >= 0.6 is 0 Å². The van der Waals surface area contributed by atoms with E-state index >= 15 is 0 Å². The molecule has 106 valence electrons. The van der Waals surface area contributed by atoms with Crippen molar-refractivity contribution < 1.29 is 19.0 Å². The fraction of sp³-hybridized carbons (Fsp3) is 0.533. The first-order valence-corrected chi connectivity index (χ1v) is 6.45. The Labute approximate surface area is 113 Å². The number of unbranched alkanes of at least 4 members (excludes halogenated alkanes) is 1. The molecule has 0 unspecified atom stereocenters. The van der Waals surface area contributed by atoms with Crippen LogP contribution in [0.5, 0.6) is 5.75 Å². The molecule has 1 N–H and O–H groups in total. The summed E-state index contributed by atoms with van der Waals surface area (Å²) in [4.78, 5) is 10.9. The highest BCUT2D eigenvalue weighted by atomic mass is 19.1. The number of rotatable bonds is 7. The monoisotopic (exact) mass is 268 g/mol. The van der Waals surface area contributed by atoms with E-state index in [1.165, 1.54) is 6.07 Å². The Kier molecular flexibility index (Phi) is 5.33. The first-order valence-electron chi connectivity index (χ1n) is 6.45. The number of halogens is 1. The molecule has 1 aromatic rings. The van der Waals surface area contributed by atoms with Crippen molar-refractivity contribution >= 4 is 5.97 Å². The summed E-state index contributed by atoms with van der Waals surface area (Å²) in [5.41, 5.74) is -0.128. The molecule has 4 heteroatoms. The third kappa shape index (κ3) is 4.89. The molecule has 0 aliphatic rings. The van der Waals surface area contributed by atoms with Gasteiger partial charge in [-0.25, -0.2) is 4.39 Å². The van der Waals surface area contributed by atoms with Crippen LogP contribution < -0.4 is 4.74 Å². The van der Waals surface area contributed by atoms with Gasteiger partial charge in [-0.15, -0.1) is 0 Å². The minimum atomic E-state index is -0.775. The van der Waals surface area contributed by atoms with E-state index < -0.39 is 11.4 Å². The zero-order valence-electron chi connectivity index (χ0n) is 11.7. The maximum Gasteiger partial charge on any atom is 0.309 e. The van der Waals surface area contributed by atoms with Gasteiger partial charge in [-0.05, 0) is 63.8 Å². The maximum absolute atomic E-state index is 13.0. The zero-order valence-corrected chi connectivity index (χ0v) is 11.7. The fourth-order valence-corrected chi connectivity index (χ4v) is 1.67. The highest BCUT2D eigenvalue weighted by molar-refractivity contribution is 5.73. The van der Waals surface area contributed by atoms with Crippen molar-refractivity contribution in [3.8, 4) is 5.75 Å². The van der Waals surface area contributed by atoms with Crippen LogP contribution in [0.3, 0.4) is 0 Å². The van der Waals surface area contributed by atoms with Gasteiger partial charge in [0.25, 0.3) is 0 Å². The molecule has 0 amide bonds. The van der Waals surface area contributed by atoms with E-state index in [1.807, 2.05) is 0 Å². The molecule has 0 spiro atoms. The van der Waals surface area contributed by atoms with Crippen molar-refractivity contribution in [2.75, 3.05) is 6.61 Å². The molecule has 0 aliphatic carbocycles. The van der Waals surface area contributed by atoms with E-state index in [1.54, 1.807) is 32.9 Å². The molecule has 19 heavy (non-hydrogen) atoms. The highest BCUT2D eigenvalue weighted by Gasteiger charge is 2.25. The Morgan fingerprint density at radius 1 is 1.37 bits per heavy atom. The quantitative estimate of drug-likeness (QED) is 0.765. The first-order chi connectivity index (χ1) is 8.83. The summed E-state index contributed by atoms with van der Waals surface area (Å²) in [7, 11) is 0. The van der Waals surface area contributed by atoms with E-state index in [9.17, 15) is 9.18 Å². The number of hydrogen-bond donors (Lipinski definition) is 1. The molecule has 0 saturated heterocycles. The summed E-state index contributed by atoms with van der Waals surface area (Å²) in [6, 6.07) is 4.65. The molecule has 0 radical (unpaired) electrons. The molecule has 0 aliphatic heterocycles. The van der Waals surface area contributed by atoms with Gasteiger partial charge in [-0.3, -0.25) is 4.79 Å². The second-order valence-corrected chi connectivity index (χ2v) is 5.41. The Hall–Kier alpha value is -1.58. The molecule has 1 rings (SSSR count). The lowest BCUT2D eigenvalue weighted by Gasteiger charge is -2.18. The number of aryl methyl sites for hydroxylation is 1. The summed E-state index contributed by atoms with van der Waals surface area (Å²) < 4.78 is 18.5. The number of hydrogen-bond acceptors (Lipinski definition) is 2. The summed E-state index contributed by atoms with van der Waals surface area (Å²) in [6.45, 7) is 5.65. The summed E-state index contributed by atoms with van der Waals surface area (Å²) in [5.74, 6) is -0.366. The molecule has 0 bridgehead atoms. The van der Waals surface area contributed by atoms with Gasteiger partial charge >= 0.3 is 5.97 Å². The van der Waals surface area contributed by atoms with Crippen LogP contribution in [0.2, 0.25) is 0 Å². The van der Waals surface area contributed by atoms with Crippen LogP contribution in [0.15, 0.2) is 18.2 Å². The van der Waals surface area contributed by atoms with Crippen molar-refractivity contribution in [2.24, 2.45) is 5.41 Å².